The Hall–Kier alpha value is -2.27. The molecule has 0 aliphatic carbocycles. The lowest BCUT2D eigenvalue weighted by atomic mass is 10.1. The number of hydrogen-bond donors (Lipinski definition) is 2. The highest BCUT2D eigenvalue weighted by molar-refractivity contribution is 8.00. The zero-order valence-electron chi connectivity index (χ0n) is 15.6. The normalized spacial score (nSPS) is 10.4. The number of rotatable bonds is 8. The number of thioether (sulfide) groups is 1. The van der Waals surface area contributed by atoms with Gasteiger partial charge < -0.3 is 10.6 Å². The van der Waals surface area contributed by atoms with Gasteiger partial charge in [0.2, 0.25) is 11.8 Å². The van der Waals surface area contributed by atoms with Gasteiger partial charge in [-0.15, -0.1) is 11.8 Å². The minimum atomic E-state index is -0.0145. The lowest BCUT2D eigenvalue weighted by Crippen LogP contribution is -2.16. The van der Waals surface area contributed by atoms with E-state index in [9.17, 15) is 9.59 Å². The Bertz CT molecular complexity index is 757. The molecule has 2 amide bonds. The topological polar surface area (TPSA) is 58.2 Å². The number of carbonyl (C=O) groups is 2. The molecule has 0 fully saturated rings. The Kier molecular flexibility index (Phi) is 7.73. The highest BCUT2D eigenvalue weighted by Gasteiger charge is 2.09. The maximum atomic E-state index is 12.3. The van der Waals surface area contributed by atoms with Crippen LogP contribution in [0.15, 0.2) is 47.4 Å². The average molecular weight is 371 g/mol. The molecule has 2 aromatic carbocycles. The van der Waals surface area contributed by atoms with Gasteiger partial charge in [-0.1, -0.05) is 32.0 Å². The number of aryl methyl sites for hydroxylation is 2. The fraction of sp³-hybridized carbons (Fsp3) is 0.333. The van der Waals surface area contributed by atoms with Gasteiger partial charge in [0.25, 0.3) is 0 Å². The van der Waals surface area contributed by atoms with Crippen molar-refractivity contribution >= 4 is 35.0 Å². The fourth-order valence-electron chi connectivity index (χ4n) is 2.61. The van der Waals surface area contributed by atoms with E-state index in [0.717, 1.165) is 40.2 Å². The molecule has 2 rings (SSSR count). The van der Waals surface area contributed by atoms with Crippen LogP contribution in [0.4, 0.5) is 11.4 Å². The Morgan fingerprint density at radius 2 is 1.69 bits per heavy atom. The summed E-state index contributed by atoms with van der Waals surface area (Å²) < 4.78 is 0. The van der Waals surface area contributed by atoms with Crippen LogP contribution in [0, 0.1) is 6.92 Å². The van der Waals surface area contributed by atoms with Gasteiger partial charge in [-0.05, 0) is 55.2 Å². The highest BCUT2D eigenvalue weighted by atomic mass is 32.2. The number of anilines is 2. The molecule has 26 heavy (non-hydrogen) atoms. The van der Waals surface area contributed by atoms with E-state index in [-0.39, 0.29) is 11.8 Å². The molecule has 0 atom stereocenters. The summed E-state index contributed by atoms with van der Waals surface area (Å²) in [7, 11) is 0. The molecule has 0 saturated heterocycles. The molecule has 0 aliphatic rings. The lowest BCUT2D eigenvalue weighted by molar-refractivity contribution is -0.116. The minimum Gasteiger partial charge on any atom is -0.326 e. The summed E-state index contributed by atoms with van der Waals surface area (Å²) in [6, 6.07) is 13.6. The van der Waals surface area contributed by atoms with Crippen LogP contribution in [0.3, 0.4) is 0 Å². The molecule has 0 heterocycles. The zero-order valence-corrected chi connectivity index (χ0v) is 16.4. The van der Waals surface area contributed by atoms with Gasteiger partial charge in [-0.25, -0.2) is 0 Å². The zero-order chi connectivity index (χ0) is 18.9. The summed E-state index contributed by atoms with van der Waals surface area (Å²) in [5.41, 5.74) is 3.93. The van der Waals surface area contributed by atoms with E-state index >= 15 is 0 Å². The van der Waals surface area contributed by atoms with Crippen LogP contribution in [0.2, 0.25) is 0 Å². The van der Waals surface area contributed by atoms with E-state index in [1.165, 1.54) is 11.8 Å². The Labute approximate surface area is 159 Å². The number of benzene rings is 2. The first-order valence-electron chi connectivity index (χ1n) is 8.94. The molecule has 0 spiro atoms. The van der Waals surface area contributed by atoms with Crippen molar-refractivity contribution in [2.75, 3.05) is 16.4 Å². The number of para-hydroxylation sites is 1. The first-order valence-corrected chi connectivity index (χ1v) is 9.93. The van der Waals surface area contributed by atoms with Gasteiger partial charge in [0.1, 0.15) is 0 Å². The standard InChI is InChI=1S/C21H26N2O2S/c1-4-7-19(24)22-17-10-12-18(13-11-17)26-14-20(25)23-21-15(3)8-6-9-16(21)5-2/h6,8-13H,4-5,7,14H2,1-3H3,(H,22,24)(H,23,25). The van der Waals surface area contributed by atoms with Crippen molar-refractivity contribution in [1.29, 1.82) is 0 Å². The second kappa shape index (κ2) is 10.0. The second-order valence-electron chi connectivity index (χ2n) is 6.12. The fourth-order valence-corrected chi connectivity index (χ4v) is 3.31. The van der Waals surface area contributed by atoms with Crippen molar-refractivity contribution in [1.82, 2.24) is 0 Å². The van der Waals surface area contributed by atoms with Crippen molar-refractivity contribution in [3.63, 3.8) is 0 Å². The molecule has 138 valence electrons. The smallest absolute Gasteiger partial charge is 0.234 e. The van der Waals surface area contributed by atoms with Gasteiger partial charge in [0, 0.05) is 22.7 Å². The monoisotopic (exact) mass is 370 g/mol. The molecular weight excluding hydrogens is 344 g/mol. The minimum absolute atomic E-state index is 0.0145. The lowest BCUT2D eigenvalue weighted by Gasteiger charge is -2.13. The van der Waals surface area contributed by atoms with E-state index in [1.807, 2.05) is 56.3 Å². The third kappa shape index (κ3) is 5.92. The summed E-state index contributed by atoms with van der Waals surface area (Å²) in [6.45, 7) is 6.07. The SMILES string of the molecule is CCCC(=O)Nc1ccc(SCC(=O)Nc2c(C)cccc2CC)cc1. The van der Waals surface area contributed by atoms with Crippen molar-refractivity contribution in [3.05, 3.63) is 53.6 Å². The summed E-state index contributed by atoms with van der Waals surface area (Å²) in [5, 5.41) is 5.89. The third-order valence-electron chi connectivity index (χ3n) is 3.99. The van der Waals surface area contributed by atoms with Crippen LogP contribution >= 0.6 is 11.8 Å². The number of hydrogen-bond acceptors (Lipinski definition) is 3. The van der Waals surface area contributed by atoms with Gasteiger partial charge in [-0.3, -0.25) is 9.59 Å². The summed E-state index contributed by atoms with van der Waals surface area (Å²) >= 11 is 1.48. The average Bonchev–Trinajstić information content (AvgIpc) is 2.63. The summed E-state index contributed by atoms with van der Waals surface area (Å²) in [5.74, 6) is 0.357. The van der Waals surface area contributed by atoms with Gasteiger partial charge in [0.05, 0.1) is 5.75 Å². The van der Waals surface area contributed by atoms with Crippen molar-refractivity contribution < 1.29 is 9.59 Å². The first kappa shape index (κ1) is 20.0. The van der Waals surface area contributed by atoms with Gasteiger partial charge in [-0.2, -0.15) is 0 Å². The maximum absolute atomic E-state index is 12.3. The Morgan fingerprint density at radius 3 is 2.35 bits per heavy atom. The molecule has 0 aromatic heterocycles. The van der Waals surface area contributed by atoms with E-state index in [4.69, 9.17) is 0 Å². The molecule has 2 aromatic rings. The van der Waals surface area contributed by atoms with E-state index in [1.54, 1.807) is 0 Å². The van der Waals surface area contributed by atoms with Crippen molar-refractivity contribution in [3.8, 4) is 0 Å². The van der Waals surface area contributed by atoms with Crippen LogP contribution in [0.5, 0.6) is 0 Å². The first-order chi connectivity index (χ1) is 12.5. The van der Waals surface area contributed by atoms with Crippen LogP contribution in [0.1, 0.15) is 37.8 Å². The quantitative estimate of drug-likeness (QED) is 0.641. The summed E-state index contributed by atoms with van der Waals surface area (Å²) in [4.78, 5) is 24.9. The number of nitrogens with one attached hydrogen (secondary N) is 2. The molecule has 0 radical (unpaired) electrons. The Balaban J connectivity index is 1.89. The van der Waals surface area contributed by atoms with Crippen LogP contribution < -0.4 is 10.6 Å². The maximum Gasteiger partial charge on any atom is 0.234 e. The Morgan fingerprint density at radius 1 is 0.962 bits per heavy atom. The second-order valence-corrected chi connectivity index (χ2v) is 7.17. The predicted molar refractivity (Wildman–Crippen MR) is 110 cm³/mol. The highest BCUT2D eigenvalue weighted by Crippen LogP contribution is 2.23. The molecule has 0 bridgehead atoms. The number of carbonyl (C=O) groups excluding carboxylic acids is 2. The molecule has 4 nitrogen and oxygen atoms in total. The van der Waals surface area contributed by atoms with Crippen molar-refractivity contribution in [2.45, 2.75) is 44.9 Å². The van der Waals surface area contributed by atoms with E-state index < -0.39 is 0 Å². The number of amides is 2. The predicted octanol–water partition coefficient (Wildman–Crippen LogP) is 5.03. The molecule has 2 N–H and O–H groups in total. The third-order valence-corrected chi connectivity index (χ3v) is 5.00. The molecule has 0 aliphatic heterocycles. The van der Waals surface area contributed by atoms with Crippen LogP contribution in [-0.4, -0.2) is 17.6 Å². The van der Waals surface area contributed by atoms with Gasteiger partial charge >= 0.3 is 0 Å². The molecule has 0 unspecified atom stereocenters. The molecular formula is C21H26N2O2S. The van der Waals surface area contributed by atoms with E-state index in [2.05, 4.69) is 17.6 Å². The molecule has 5 heteroatoms. The van der Waals surface area contributed by atoms with Gasteiger partial charge in [0.15, 0.2) is 0 Å². The van der Waals surface area contributed by atoms with Crippen molar-refractivity contribution in [2.24, 2.45) is 0 Å². The largest absolute Gasteiger partial charge is 0.326 e. The van der Waals surface area contributed by atoms with Crippen LogP contribution in [-0.2, 0) is 16.0 Å². The van der Waals surface area contributed by atoms with Crippen LogP contribution in [0.25, 0.3) is 0 Å². The van der Waals surface area contributed by atoms with E-state index in [0.29, 0.717) is 12.2 Å². The summed E-state index contributed by atoms with van der Waals surface area (Å²) in [6.07, 6.45) is 2.24. The molecule has 0 saturated carbocycles.